The SMILES string of the molecule is CC(C)(N=C=O)c1cc(Br)cnc1F. The molecule has 1 aromatic heterocycles. The highest BCUT2D eigenvalue weighted by Crippen LogP contribution is 2.27. The van der Waals surface area contributed by atoms with Gasteiger partial charge in [0.2, 0.25) is 12.0 Å². The fourth-order valence-corrected chi connectivity index (χ4v) is 1.36. The van der Waals surface area contributed by atoms with Gasteiger partial charge < -0.3 is 0 Å². The van der Waals surface area contributed by atoms with E-state index in [0.29, 0.717) is 4.47 Å². The number of carbonyl (C=O) groups excluding carboxylic acids is 1. The van der Waals surface area contributed by atoms with E-state index < -0.39 is 11.5 Å². The molecule has 0 aliphatic heterocycles. The fraction of sp³-hybridized carbons (Fsp3) is 0.333. The highest BCUT2D eigenvalue weighted by molar-refractivity contribution is 9.10. The fourth-order valence-electron chi connectivity index (χ4n) is 1.03. The van der Waals surface area contributed by atoms with E-state index in [1.165, 1.54) is 12.3 Å². The molecule has 0 fully saturated rings. The minimum absolute atomic E-state index is 0.259. The Morgan fingerprint density at radius 3 is 2.86 bits per heavy atom. The van der Waals surface area contributed by atoms with Crippen LogP contribution in [-0.2, 0) is 10.3 Å². The lowest BCUT2D eigenvalue weighted by atomic mass is 9.97. The van der Waals surface area contributed by atoms with Crippen LogP contribution in [0.3, 0.4) is 0 Å². The van der Waals surface area contributed by atoms with Gasteiger partial charge in [-0.05, 0) is 35.8 Å². The molecular weight excluding hydrogens is 251 g/mol. The molecule has 0 aliphatic carbocycles. The molecule has 3 nitrogen and oxygen atoms in total. The van der Waals surface area contributed by atoms with E-state index in [9.17, 15) is 9.18 Å². The summed E-state index contributed by atoms with van der Waals surface area (Å²) in [6.07, 6.45) is 2.77. The van der Waals surface area contributed by atoms with Crippen molar-refractivity contribution in [3.05, 3.63) is 28.2 Å². The van der Waals surface area contributed by atoms with Gasteiger partial charge in [-0.3, -0.25) is 0 Å². The molecule has 1 heterocycles. The molecule has 1 aromatic rings. The molecule has 0 aliphatic rings. The minimum atomic E-state index is -0.942. The Bertz CT molecular complexity index is 400. The molecular formula is C9H8BrFN2O. The minimum Gasteiger partial charge on any atom is -0.227 e. The zero-order chi connectivity index (χ0) is 10.8. The standard InChI is InChI=1S/C9H8BrFN2O/c1-9(2,13-5-14)7-3-6(10)4-12-8(7)11/h3-4H,1-2H3. The van der Waals surface area contributed by atoms with Gasteiger partial charge >= 0.3 is 0 Å². The number of rotatable bonds is 2. The lowest BCUT2D eigenvalue weighted by Gasteiger charge is -2.17. The van der Waals surface area contributed by atoms with Crippen molar-refractivity contribution < 1.29 is 9.18 Å². The Balaban J connectivity index is 3.30. The van der Waals surface area contributed by atoms with Crippen LogP contribution in [0.5, 0.6) is 0 Å². The molecule has 0 saturated heterocycles. The largest absolute Gasteiger partial charge is 0.235 e. The van der Waals surface area contributed by atoms with Crippen LogP contribution in [-0.4, -0.2) is 11.1 Å². The first-order valence-electron chi connectivity index (χ1n) is 3.88. The van der Waals surface area contributed by atoms with Crippen LogP contribution in [0.25, 0.3) is 0 Å². The second-order valence-electron chi connectivity index (χ2n) is 3.25. The van der Waals surface area contributed by atoms with Crippen LogP contribution in [0, 0.1) is 5.95 Å². The number of halogens is 2. The molecule has 1 rings (SSSR count). The van der Waals surface area contributed by atoms with Crippen molar-refractivity contribution in [3.63, 3.8) is 0 Å². The summed E-state index contributed by atoms with van der Waals surface area (Å²) in [4.78, 5) is 17.2. The highest BCUT2D eigenvalue weighted by atomic mass is 79.9. The Kier molecular flexibility index (Phi) is 3.13. The summed E-state index contributed by atoms with van der Waals surface area (Å²) in [5.41, 5.74) is -0.682. The summed E-state index contributed by atoms with van der Waals surface area (Å²) < 4.78 is 13.9. The number of hydrogen-bond donors (Lipinski definition) is 0. The van der Waals surface area contributed by atoms with Gasteiger partial charge in [-0.25, -0.2) is 9.78 Å². The Morgan fingerprint density at radius 1 is 1.64 bits per heavy atom. The Morgan fingerprint density at radius 2 is 2.29 bits per heavy atom. The van der Waals surface area contributed by atoms with Gasteiger partial charge in [0.1, 0.15) is 0 Å². The first kappa shape index (κ1) is 11.0. The van der Waals surface area contributed by atoms with Gasteiger partial charge in [-0.1, -0.05) is 0 Å². The summed E-state index contributed by atoms with van der Waals surface area (Å²) in [6, 6.07) is 1.54. The van der Waals surface area contributed by atoms with Crippen molar-refractivity contribution in [2.45, 2.75) is 19.4 Å². The van der Waals surface area contributed by atoms with E-state index in [0.717, 1.165) is 0 Å². The van der Waals surface area contributed by atoms with Crippen molar-refractivity contribution in [1.82, 2.24) is 4.98 Å². The molecule has 0 amide bonds. The number of aromatic nitrogens is 1. The Labute approximate surface area is 89.2 Å². The van der Waals surface area contributed by atoms with Crippen LogP contribution in [0.1, 0.15) is 19.4 Å². The second kappa shape index (κ2) is 3.98. The van der Waals surface area contributed by atoms with Crippen molar-refractivity contribution in [2.75, 3.05) is 0 Å². The van der Waals surface area contributed by atoms with Crippen molar-refractivity contribution >= 4 is 22.0 Å². The van der Waals surface area contributed by atoms with Crippen LogP contribution >= 0.6 is 15.9 Å². The van der Waals surface area contributed by atoms with E-state index in [2.05, 4.69) is 25.9 Å². The molecule has 0 N–H and O–H groups in total. The maximum atomic E-state index is 13.3. The van der Waals surface area contributed by atoms with Gasteiger partial charge in [-0.15, -0.1) is 0 Å². The maximum Gasteiger partial charge on any atom is 0.235 e. The molecule has 5 heteroatoms. The van der Waals surface area contributed by atoms with Crippen LogP contribution in [0.4, 0.5) is 4.39 Å². The Hall–Kier alpha value is -1.06. The molecule has 0 unspecified atom stereocenters. The summed E-state index contributed by atoms with van der Waals surface area (Å²) in [6.45, 7) is 3.23. The number of isocyanates is 1. The average molecular weight is 259 g/mol. The average Bonchev–Trinajstić information content (AvgIpc) is 2.09. The smallest absolute Gasteiger partial charge is 0.227 e. The normalized spacial score (nSPS) is 10.9. The predicted octanol–water partition coefficient (Wildman–Crippen LogP) is 2.55. The monoisotopic (exact) mass is 258 g/mol. The van der Waals surface area contributed by atoms with Gasteiger partial charge in [0, 0.05) is 16.2 Å². The lowest BCUT2D eigenvalue weighted by Crippen LogP contribution is -2.16. The summed E-state index contributed by atoms with van der Waals surface area (Å²) >= 11 is 3.17. The number of hydrogen-bond acceptors (Lipinski definition) is 3. The van der Waals surface area contributed by atoms with Gasteiger partial charge in [0.15, 0.2) is 0 Å². The molecule has 14 heavy (non-hydrogen) atoms. The number of pyridine rings is 1. The van der Waals surface area contributed by atoms with Gasteiger partial charge in [-0.2, -0.15) is 9.38 Å². The first-order valence-corrected chi connectivity index (χ1v) is 4.67. The van der Waals surface area contributed by atoms with Crippen molar-refractivity contribution in [3.8, 4) is 0 Å². The molecule has 0 spiro atoms. The molecule has 0 atom stereocenters. The zero-order valence-corrected chi connectivity index (χ0v) is 9.30. The van der Waals surface area contributed by atoms with E-state index in [4.69, 9.17) is 0 Å². The number of aliphatic imine (C=N–C) groups is 1. The second-order valence-corrected chi connectivity index (χ2v) is 4.17. The predicted molar refractivity (Wildman–Crippen MR) is 53.0 cm³/mol. The molecule has 74 valence electrons. The van der Waals surface area contributed by atoms with E-state index in [-0.39, 0.29) is 5.56 Å². The van der Waals surface area contributed by atoms with E-state index in [1.807, 2.05) is 0 Å². The molecule has 0 radical (unpaired) electrons. The van der Waals surface area contributed by atoms with Crippen LogP contribution in [0.15, 0.2) is 21.7 Å². The van der Waals surface area contributed by atoms with Crippen molar-refractivity contribution in [1.29, 1.82) is 0 Å². The topological polar surface area (TPSA) is 42.3 Å². The quantitative estimate of drug-likeness (QED) is 0.465. The van der Waals surface area contributed by atoms with E-state index >= 15 is 0 Å². The number of nitrogens with zero attached hydrogens (tertiary/aromatic N) is 2. The zero-order valence-electron chi connectivity index (χ0n) is 7.71. The third-order valence-electron chi connectivity index (χ3n) is 1.79. The van der Waals surface area contributed by atoms with Gasteiger partial charge in [0.05, 0.1) is 5.54 Å². The molecule has 0 saturated carbocycles. The summed E-state index contributed by atoms with van der Waals surface area (Å²) in [5, 5.41) is 0. The molecule has 0 aromatic carbocycles. The first-order chi connectivity index (χ1) is 6.47. The third kappa shape index (κ3) is 2.25. The maximum absolute atomic E-state index is 13.3. The van der Waals surface area contributed by atoms with Crippen LogP contribution in [0.2, 0.25) is 0 Å². The molecule has 0 bridgehead atoms. The van der Waals surface area contributed by atoms with Crippen LogP contribution < -0.4 is 0 Å². The highest BCUT2D eigenvalue weighted by Gasteiger charge is 2.24. The third-order valence-corrected chi connectivity index (χ3v) is 2.22. The van der Waals surface area contributed by atoms with E-state index in [1.54, 1.807) is 19.9 Å². The summed E-state index contributed by atoms with van der Waals surface area (Å²) in [5.74, 6) is -0.628. The van der Waals surface area contributed by atoms with Gasteiger partial charge in [0.25, 0.3) is 0 Å². The lowest BCUT2D eigenvalue weighted by molar-refractivity contribution is 0.476. The van der Waals surface area contributed by atoms with Crippen molar-refractivity contribution in [2.24, 2.45) is 4.99 Å². The summed E-state index contributed by atoms with van der Waals surface area (Å²) in [7, 11) is 0.